The summed E-state index contributed by atoms with van der Waals surface area (Å²) < 4.78 is 63.7. The smallest absolute Gasteiger partial charge is 0.423 e. The minimum Gasteiger partial charge on any atom is -0.423 e. The number of hydrogen-bond donors (Lipinski definition) is 1. The predicted molar refractivity (Wildman–Crippen MR) is 73.7 cm³/mol. The van der Waals surface area contributed by atoms with Gasteiger partial charge in [-0.25, -0.2) is 9.52 Å². The highest BCUT2D eigenvalue weighted by Crippen LogP contribution is 2.21. The number of sulfonamides is 1. The van der Waals surface area contributed by atoms with Crippen LogP contribution in [0.25, 0.3) is 0 Å². The molecule has 126 valence electrons. The van der Waals surface area contributed by atoms with Gasteiger partial charge in [0.05, 0.1) is 6.42 Å². The second-order valence-corrected chi connectivity index (χ2v) is 6.14. The van der Waals surface area contributed by atoms with Crippen molar-refractivity contribution in [1.29, 1.82) is 0 Å². The van der Waals surface area contributed by atoms with Crippen LogP contribution < -0.4 is 9.46 Å². The summed E-state index contributed by atoms with van der Waals surface area (Å²) in [4.78, 5) is 22.6. The van der Waals surface area contributed by atoms with E-state index < -0.39 is 33.8 Å². The second-order valence-electron chi connectivity index (χ2n) is 4.46. The predicted octanol–water partition coefficient (Wildman–Crippen LogP) is 1.68. The number of ether oxygens (including phenoxy) is 1. The van der Waals surface area contributed by atoms with Crippen LogP contribution in [0.5, 0.6) is 5.75 Å². The van der Waals surface area contributed by atoms with Crippen LogP contribution in [0, 0.1) is 0 Å². The molecule has 0 aliphatic carbocycles. The number of amides is 1. The number of rotatable bonds is 5. The lowest BCUT2D eigenvalue weighted by molar-refractivity contribution is -0.130. The Bertz CT molecular complexity index is 723. The molecule has 0 spiro atoms. The average Bonchev–Trinajstić information content (AvgIpc) is 2.38. The quantitative estimate of drug-likeness (QED) is 0.495. The summed E-state index contributed by atoms with van der Waals surface area (Å²) in [6.45, 7) is 4.83. The molecule has 0 aromatic heterocycles. The Morgan fingerprint density at radius 1 is 1.22 bits per heavy atom. The third-order valence-corrected chi connectivity index (χ3v) is 3.51. The van der Waals surface area contributed by atoms with Gasteiger partial charge in [-0.1, -0.05) is 18.7 Å². The molecule has 0 fully saturated rings. The summed E-state index contributed by atoms with van der Waals surface area (Å²) in [6, 6.07) is 5.23. The van der Waals surface area contributed by atoms with Crippen molar-refractivity contribution in [3.63, 3.8) is 0 Å². The Kier molecular flexibility index (Phi) is 5.54. The monoisotopic (exact) mass is 351 g/mol. The molecule has 0 radical (unpaired) electrons. The third-order valence-electron chi connectivity index (χ3n) is 2.40. The number of nitrogens with one attached hydrogen (secondary N) is 1. The van der Waals surface area contributed by atoms with Crippen molar-refractivity contribution >= 4 is 21.9 Å². The van der Waals surface area contributed by atoms with Crippen LogP contribution >= 0.6 is 0 Å². The van der Waals surface area contributed by atoms with Gasteiger partial charge in [0.2, 0.25) is 5.91 Å². The van der Waals surface area contributed by atoms with E-state index >= 15 is 0 Å². The molecule has 0 heterocycles. The first kappa shape index (κ1) is 18.7. The summed E-state index contributed by atoms with van der Waals surface area (Å²) in [5.41, 5.74) is -5.16. The molecule has 0 aliphatic heterocycles. The molecule has 23 heavy (non-hydrogen) atoms. The lowest BCUT2D eigenvalue weighted by Gasteiger charge is -2.09. The summed E-state index contributed by atoms with van der Waals surface area (Å²) in [7, 11) is -5.73. The van der Waals surface area contributed by atoms with E-state index in [0.29, 0.717) is 0 Å². The second kappa shape index (κ2) is 6.82. The van der Waals surface area contributed by atoms with Crippen LogP contribution in [0.1, 0.15) is 12.5 Å². The maximum Gasteiger partial charge on any atom is 0.516 e. The Morgan fingerprint density at radius 3 is 2.17 bits per heavy atom. The van der Waals surface area contributed by atoms with Gasteiger partial charge in [0.25, 0.3) is 0 Å². The van der Waals surface area contributed by atoms with E-state index in [-0.39, 0.29) is 16.9 Å². The molecular weight excluding hydrogens is 339 g/mol. The van der Waals surface area contributed by atoms with E-state index in [1.807, 2.05) is 0 Å². The average molecular weight is 351 g/mol. The minimum atomic E-state index is -5.73. The fraction of sp³-hybridized carbons (Fsp3) is 0.231. The fourth-order valence-corrected chi connectivity index (χ4v) is 1.79. The zero-order valence-corrected chi connectivity index (χ0v) is 12.6. The van der Waals surface area contributed by atoms with Gasteiger partial charge in [-0.2, -0.15) is 21.6 Å². The summed E-state index contributed by atoms with van der Waals surface area (Å²) >= 11 is 0. The molecule has 0 saturated heterocycles. The first-order valence-corrected chi connectivity index (χ1v) is 7.49. The standard InChI is InChI=1S/C13H12F3NO5S/c1-8(2)12(19)22-10-5-3-9(4-6-10)7-11(18)17-23(20,21)13(14,15)16/h3-6H,1,7H2,2H3,(H,17,18). The molecule has 6 nitrogen and oxygen atoms in total. The van der Waals surface area contributed by atoms with E-state index in [2.05, 4.69) is 6.58 Å². The van der Waals surface area contributed by atoms with Crippen molar-refractivity contribution in [2.75, 3.05) is 0 Å². The van der Waals surface area contributed by atoms with Crippen molar-refractivity contribution in [2.45, 2.75) is 18.9 Å². The molecule has 1 N–H and O–H groups in total. The van der Waals surface area contributed by atoms with Gasteiger partial charge in [0, 0.05) is 5.57 Å². The first-order valence-electron chi connectivity index (χ1n) is 6.01. The molecule has 0 bridgehead atoms. The highest BCUT2D eigenvalue weighted by atomic mass is 32.2. The number of halogens is 3. The molecule has 0 atom stereocenters. The maximum absolute atomic E-state index is 12.1. The van der Waals surface area contributed by atoms with Crippen LogP contribution in [0.4, 0.5) is 13.2 Å². The zero-order valence-electron chi connectivity index (χ0n) is 11.8. The number of hydrogen-bond acceptors (Lipinski definition) is 5. The molecule has 1 aromatic rings. The number of benzene rings is 1. The van der Waals surface area contributed by atoms with E-state index in [1.54, 1.807) is 0 Å². The van der Waals surface area contributed by atoms with Gasteiger partial charge in [-0.05, 0) is 24.6 Å². The van der Waals surface area contributed by atoms with E-state index in [0.717, 1.165) is 4.72 Å². The third kappa shape index (κ3) is 5.40. The van der Waals surface area contributed by atoms with Crippen LogP contribution in [-0.2, 0) is 26.0 Å². The van der Waals surface area contributed by atoms with Crippen molar-refractivity contribution in [2.24, 2.45) is 0 Å². The molecule has 1 amide bonds. The van der Waals surface area contributed by atoms with Gasteiger partial charge in [-0.3, -0.25) is 4.79 Å². The van der Waals surface area contributed by atoms with Gasteiger partial charge in [-0.15, -0.1) is 0 Å². The molecule has 0 unspecified atom stereocenters. The minimum absolute atomic E-state index is 0.144. The molecular formula is C13H12F3NO5S. The van der Waals surface area contributed by atoms with E-state index in [9.17, 15) is 31.2 Å². The van der Waals surface area contributed by atoms with Gasteiger partial charge in [0.15, 0.2) is 0 Å². The van der Waals surface area contributed by atoms with Crippen molar-refractivity contribution < 1.29 is 35.9 Å². The van der Waals surface area contributed by atoms with Crippen molar-refractivity contribution in [1.82, 2.24) is 4.72 Å². The number of esters is 1. The normalized spacial score (nSPS) is 11.7. The highest BCUT2D eigenvalue weighted by Gasteiger charge is 2.46. The molecule has 10 heteroatoms. The first-order chi connectivity index (χ1) is 10.4. The van der Waals surface area contributed by atoms with Crippen molar-refractivity contribution in [3.05, 3.63) is 42.0 Å². The van der Waals surface area contributed by atoms with Gasteiger partial charge >= 0.3 is 21.5 Å². The van der Waals surface area contributed by atoms with Crippen LogP contribution in [-0.4, -0.2) is 25.8 Å². The SMILES string of the molecule is C=C(C)C(=O)Oc1ccc(CC(=O)NS(=O)(=O)C(F)(F)F)cc1. The van der Waals surface area contributed by atoms with E-state index in [1.165, 1.54) is 31.2 Å². The summed E-state index contributed by atoms with van der Waals surface area (Å²) in [5, 5.41) is 0. The van der Waals surface area contributed by atoms with Crippen molar-refractivity contribution in [3.8, 4) is 5.75 Å². The Hall–Kier alpha value is -2.36. The van der Waals surface area contributed by atoms with Gasteiger partial charge in [0.1, 0.15) is 5.75 Å². The largest absolute Gasteiger partial charge is 0.516 e. The fourth-order valence-electron chi connectivity index (χ4n) is 1.30. The Labute approximate surface area is 130 Å². The molecule has 0 saturated carbocycles. The summed E-state index contributed by atoms with van der Waals surface area (Å²) in [5.74, 6) is -1.86. The molecule has 1 aromatic carbocycles. The van der Waals surface area contributed by atoms with E-state index in [4.69, 9.17) is 4.74 Å². The highest BCUT2D eigenvalue weighted by molar-refractivity contribution is 7.90. The lowest BCUT2D eigenvalue weighted by atomic mass is 10.1. The maximum atomic E-state index is 12.1. The topological polar surface area (TPSA) is 89.5 Å². The molecule has 0 aliphatic rings. The summed E-state index contributed by atoms with van der Waals surface area (Å²) in [6.07, 6.45) is -0.593. The van der Waals surface area contributed by atoms with Crippen LogP contribution in [0.3, 0.4) is 0 Å². The molecule has 1 rings (SSSR count). The van der Waals surface area contributed by atoms with Gasteiger partial charge < -0.3 is 4.74 Å². The van der Waals surface area contributed by atoms with Crippen LogP contribution in [0.15, 0.2) is 36.4 Å². The lowest BCUT2D eigenvalue weighted by Crippen LogP contribution is -2.40. The Balaban J connectivity index is 2.70. The number of alkyl halides is 3. The number of carbonyl (C=O) groups excluding carboxylic acids is 2. The number of carbonyl (C=O) groups is 2. The zero-order chi connectivity index (χ0) is 17.8. The Morgan fingerprint density at radius 2 is 1.74 bits per heavy atom. The van der Waals surface area contributed by atoms with Crippen LogP contribution in [0.2, 0.25) is 0 Å².